The van der Waals surface area contributed by atoms with Gasteiger partial charge in [0.2, 0.25) is 0 Å². The number of fused-ring (bicyclic) bond motifs is 1. The molecule has 0 aliphatic heterocycles. The number of aryl methyl sites for hydroxylation is 2. The van der Waals surface area contributed by atoms with Gasteiger partial charge in [0.15, 0.2) is 0 Å². The predicted octanol–water partition coefficient (Wildman–Crippen LogP) is 5.65. The fourth-order valence-corrected chi connectivity index (χ4v) is 3.35. The highest BCUT2D eigenvalue weighted by Crippen LogP contribution is 2.43. The van der Waals surface area contributed by atoms with Crippen molar-refractivity contribution in [2.45, 2.75) is 39.0 Å². The van der Waals surface area contributed by atoms with Crippen LogP contribution in [0.3, 0.4) is 0 Å². The molecule has 0 radical (unpaired) electrons. The van der Waals surface area contributed by atoms with Crippen molar-refractivity contribution in [3.63, 3.8) is 0 Å². The van der Waals surface area contributed by atoms with E-state index >= 15 is 0 Å². The van der Waals surface area contributed by atoms with Gasteiger partial charge in [0, 0.05) is 10.9 Å². The lowest BCUT2D eigenvalue weighted by atomic mass is 9.95. The molecule has 0 N–H and O–H groups in total. The van der Waals surface area contributed by atoms with E-state index in [4.69, 9.17) is 4.98 Å². The fourth-order valence-electron chi connectivity index (χ4n) is 3.35. The summed E-state index contributed by atoms with van der Waals surface area (Å²) in [5.41, 5.74) is 7.78. The quantitative estimate of drug-likeness (QED) is 0.606. The summed E-state index contributed by atoms with van der Waals surface area (Å²) in [6.07, 6.45) is 3.82. The Labute approximate surface area is 132 Å². The van der Waals surface area contributed by atoms with Crippen LogP contribution in [-0.2, 0) is 6.42 Å². The van der Waals surface area contributed by atoms with Gasteiger partial charge in [-0.2, -0.15) is 0 Å². The summed E-state index contributed by atoms with van der Waals surface area (Å²) in [5.74, 6) is 0.788. The Bertz CT molecular complexity index is 844. The standard InChI is InChI=1S/C21H21N/c1-3-15-8-11-18(13-19(15)16-9-10-16)21-14(2)12-17-6-4-5-7-20(17)22-21/h4-8,11-13,16H,3,9-10H2,1-2H3. The molecule has 1 nitrogen and oxygen atoms in total. The Morgan fingerprint density at radius 2 is 1.86 bits per heavy atom. The van der Waals surface area contributed by atoms with Crippen LogP contribution in [-0.4, -0.2) is 4.98 Å². The zero-order valence-electron chi connectivity index (χ0n) is 13.3. The van der Waals surface area contributed by atoms with Crippen molar-refractivity contribution in [1.29, 1.82) is 0 Å². The first kappa shape index (κ1) is 13.5. The number of rotatable bonds is 3. The number of para-hydroxylation sites is 1. The van der Waals surface area contributed by atoms with Crippen LogP contribution < -0.4 is 0 Å². The molecule has 0 bridgehead atoms. The number of aromatic nitrogens is 1. The van der Waals surface area contributed by atoms with Crippen LogP contribution in [0.2, 0.25) is 0 Å². The molecular formula is C21H21N. The maximum absolute atomic E-state index is 4.92. The van der Waals surface area contributed by atoms with Gasteiger partial charge < -0.3 is 0 Å². The molecule has 2 aromatic carbocycles. The van der Waals surface area contributed by atoms with Gasteiger partial charge in [-0.15, -0.1) is 0 Å². The minimum absolute atomic E-state index is 0.788. The van der Waals surface area contributed by atoms with Crippen molar-refractivity contribution in [1.82, 2.24) is 4.98 Å². The smallest absolute Gasteiger partial charge is 0.0738 e. The first-order chi connectivity index (χ1) is 10.8. The topological polar surface area (TPSA) is 12.9 Å². The molecule has 0 spiro atoms. The second kappa shape index (κ2) is 5.24. The van der Waals surface area contributed by atoms with E-state index in [0.717, 1.165) is 23.5 Å². The lowest BCUT2D eigenvalue weighted by Crippen LogP contribution is -1.95. The summed E-state index contributed by atoms with van der Waals surface area (Å²) >= 11 is 0. The molecule has 0 saturated heterocycles. The predicted molar refractivity (Wildman–Crippen MR) is 93.3 cm³/mol. The summed E-state index contributed by atoms with van der Waals surface area (Å²) < 4.78 is 0. The normalized spacial score (nSPS) is 14.5. The van der Waals surface area contributed by atoms with Gasteiger partial charge in [0.05, 0.1) is 11.2 Å². The summed E-state index contributed by atoms with van der Waals surface area (Å²) in [4.78, 5) is 4.92. The van der Waals surface area contributed by atoms with Gasteiger partial charge in [-0.3, -0.25) is 0 Å². The SMILES string of the molecule is CCc1ccc(-c2nc3ccccc3cc2C)cc1C1CC1. The van der Waals surface area contributed by atoms with E-state index < -0.39 is 0 Å². The molecule has 0 atom stereocenters. The van der Waals surface area contributed by atoms with Crippen LogP contribution in [0.4, 0.5) is 0 Å². The van der Waals surface area contributed by atoms with Crippen LogP contribution in [0.15, 0.2) is 48.5 Å². The van der Waals surface area contributed by atoms with Crippen LogP contribution in [0.25, 0.3) is 22.2 Å². The molecule has 22 heavy (non-hydrogen) atoms. The van der Waals surface area contributed by atoms with Gasteiger partial charge >= 0.3 is 0 Å². The first-order valence-electron chi connectivity index (χ1n) is 8.26. The van der Waals surface area contributed by atoms with Gasteiger partial charge in [-0.05, 0) is 67.0 Å². The Hall–Kier alpha value is -2.15. The van der Waals surface area contributed by atoms with Crippen LogP contribution in [0.5, 0.6) is 0 Å². The number of hydrogen-bond donors (Lipinski definition) is 0. The number of benzene rings is 2. The molecule has 110 valence electrons. The molecule has 1 aliphatic carbocycles. The summed E-state index contributed by atoms with van der Waals surface area (Å²) in [5, 5.41) is 1.22. The average molecular weight is 287 g/mol. The molecule has 1 heteroatoms. The first-order valence-corrected chi connectivity index (χ1v) is 8.26. The molecule has 0 amide bonds. The van der Waals surface area contributed by atoms with Gasteiger partial charge in [0.1, 0.15) is 0 Å². The van der Waals surface area contributed by atoms with E-state index in [0.29, 0.717) is 0 Å². The minimum Gasteiger partial charge on any atom is -0.248 e. The Morgan fingerprint density at radius 1 is 1.05 bits per heavy atom. The third kappa shape index (κ3) is 2.31. The second-order valence-electron chi connectivity index (χ2n) is 6.39. The fraction of sp³-hybridized carbons (Fsp3) is 0.286. The molecule has 1 aliphatic rings. The minimum atomic E-state index is 0.788. The lowest BCUT2D eigenvalue weighted by Gasteiger charge is -2.12. The summed E-state index contributed by atoms with van der Waals surface area (Å²) in [6, 6.07) is 17.6. The molecular weight excluding hydrogens is 266 g/mol. The molecule has 1 saturated carbocycles. The lowest BCUT2D eigenvalue weighted by molar-refractivity contribution is 1.03. The largest absolute Gasteiger partial charge is 0.248 e. The van der Waals surface area contributed by atoms with E-state index in [1.54, 1.807) is 5.56 Å². The monoisotopic (exact) mass is 287 g/mol. The molecule has 1 fully saturated rings. The highest BCUT2D eigenvalue weighted by atomic mass is 14.7. The number of nitrogens with zero attached hydrogens (tertiary/aromatic N) is 1. The van der Waals surface area contributed by atoms with E-state index in [1.165, 1.54) is 34.9 Å². The zero-order valence-corrected chi connectivity index (χ0v) is 13.3. The van der Waals surface area contributed by atoms with Crippen molar-refractivity contribution in [3.05, 3.63) is 65.2 Å². The van der Waals surface area contributed by atoms with Crippen molar-refractivity contribution < 1.29 is 0 Å². The zero-order chi connectivity index (χ0) is 15.1. The molecule has 0 unspecified atom stereocenters. The summed E-state index contributed by atoms with van der Waals surface area (Å²) in [7, 11) is 0. The second-order valence-corrected chi connectivity index (χ2v) is 6.39. The van der Waals surface area contributed by atoms with Gasteiger partial charge in [-0.25, -0.2) is 4.98 Å². The highest BCUT2D eigenvalue weighted by Gasteiger charge is 2.26. The number of hydrogen-bond acceptors (Lipinski definition) is 1. The van der Waals surface area contributed by atoms with Crippen molar-refractivity contribution >= 4 is 10.9 Å². The Balaban J connectivity index is 1.87. The molecule has 1 aromatic heterocycles. The van der Waals surface area contributed by atoms with E-state index in [2.05, 4.69) is 62.4 Å². The van der Waals surface area contributed by atoms with Gasteiger partial charge in [0.25, 0.3) is 0 Å². The van der Waals surface area contributed by atoms with Gasteiger partial charge in [-0.1, -0.05) is 37.3 Å². The van der Waals surface area contributed by atoms with Crippen LogP contribution >= 0.6 is 0 Å². The summed E-state index contributed by atoms with van der Waals surface area (Å²) in [6.45, 7) is 4.42. The van der Waals surface area contributed by atoms with Crippen molar-refractivity contribution in [2.75, 3.05) is 0 Å². The maximum Gasteiger partial charge on any atom is 0.0738 e. The van der Waals surface area contributed by atoms with Crippen molar-refractivity contribution in [3.8, 4) is 11.3 Å². The van der Waals surface area contributed by atoms with E-state index in [-0.39, 0.29) is 0 Å². The highest BCUT2D eigenvalue weighted by molar-refractivity contribution is 5.83. The molecule has 4 rings (SSSR count). The Kier molecular flexibility index (Phi) is 3.22. The third-order valence-electron chi connectivity index (χ3n) is 4.73. The van der Waals surface area contributed by atoms with Crippen LogP contribution in [0, 0.1) is 6.92 Å². The Morgan fingerprint density at radius 3 is 2.64 bits per heavy atom. The van der Waals surface area contributed by atoms with Crippen molar-refractivity contribution in [2.24, 2.45) is 0 Å². The van der Waals surface area contributed by atoms with E-state index in [9.17, 15) is 0 Å². The number of pyridine rings is 1. The maximum atomic E-state index is 4.92. The van der Waals surface area contributed by atoms with Crippen LogP contribution in [0.1, 0.15) is 42.4 Å². The molecule has 3 aromatic rings. The molecule has 1 heterocycles. The average Bonchev–Trinajstić information content (AvgIpc) is 3.38. The third-order valence-corrected chi connectivity index (χ3v) is 4.73. The van der Waals surface area contributed by atoms with E-state index in [1.807, 2.05) is 0 Å².